The predicted octanol–water partition coefficient (Wildman–Crippen LogP) is 9.98. The van der Waals surface area contributed by atoms with Crippen molar-refractivity contribution >= 4 is 5.97 Å². The molecule has 2 aromatic rings. The fourth-order valence-electron chi connectivity index (χ4n) is 5.76. The molecule has 35 heavy (non-hydrogen) atoms. The second kappa shape index (κ2) is 15.1. The highest BCUT2D eigenvalue weighted by atomic mass is 16.5. The van der Waals surface area contributed by atoms with Crippen LogP contribution in [0.4, 0.5) is 0 Å². The van der Waals surface area contributed by atoms with Crippen molar-refractivity contribution in [1.82, 2.24) is 0 Å². The lowest BCUT2D eigenvalue weighted by Crippen LogP contribution is -2.29. The molecule has 1 saturated carbocycles. The molecule has 0 saturated heterocycles. The first-order chi connectivity index (χ1) is 17.2. The molecule has 0 atom stereocenters. The van der Waals surface area contributed by atoms with Crippen LogP contribution in [0, 0.1) is 0 Å². The van der Waals surface area contributed by atoms with Gasteiger partial charge in [-0.1, -0.05) is 115 Å². The van der Waals surface area contributed by atoms with E-state index in [-0.39, 0.29) is 5.97 Å². The van der Waals surface area contributed by atoms with Crippen LogP contribution in [0.25, 0.3) is 0 Å². The summed E-state index contributed by atoms with van der Waals surface area (Å²) in [6.45, 7) is 4.52. The number of unbranched alkanes of at least 4 members (excludes halogenated alkanes) is 8. The van der Waals surface area contributed by atoms with E-state index in [2.05, 4.69) is 38.1 Å². The summed E-state index contributed by atoms with van der Waals surface area (Å²) in [6.07, 6.45) is 22.2. The van der Waals surface area contributed by atoms with E-state index >= 15 is 0 Å². The summed E-state index contributed by atoms with van der Waals surface area (Å²) < 4.78 is 5.73. The molecule has 2 aromatic carbocycles. The number of ether oxygens (including phenoxy) is 1. The van der Waals surface area contributed by atoms with Gasteiger partial charge in [0, 0.05) is 0 Å². The van der Waals surface area contributed by atoms with E-state index in [1.165, 1.54) is 114 Å². The number of aryl methyl sites for hydroxylation is 1. The summed E-state index contributed by atoms with van der Waals surface area (Å²) in [6, 6.07) is 16.4. The lowest BCUT2D eigenvalue weighted by Gasteiger charge is -2.38. The third-order valence-corrected chi connectivity index (χ3v) is 8.01. The molecule has 0 aromatic heterocycles. The van der Waals surface area contributed by atoms with E-state index in [1.54, 1.807) is 0 Å². The Kier molecular flexibility index (Phi) is 11.9. The standard InChI is InChI=1S/C33H48O2/c1-3-5-7-9-10-13-25-33(26-14-11-15-27-33)30-21-23-31(24-22-30)35-32(34)29-19-17-28(18-20-29)16-12-8-6-4-2/h17-24H,3-16,25-27H2,1-2H3. The first-order valence-electron chi connectivity index (χ1n) is 14.6. The highest BCUT2D eigenvalue weighted by molar-refractivity contribution is 5.91. The number of esters is 1. The van der Waals surface area contributed by atoms with Gasteiger partial charge in [0.05, 0.1) is 5.56 Å². The van der Waals surface area contributed by atoms with Gasteiger partial charge in [-0.2, -0.15) is 0 Å². The zero-order valence-electron chi connectivity index (χ0n) is 22.5. The van der Waals surface area contributed by atoms with Crippen molar-refractivity contribution in [3.05, 3.63) is 65.2 Å². The van der Waals surface area contributed by atoms with E-state index in [1.807, 2.05) is 24.3 Å². The summed E-state index contributed by atoms with van der Waals surface area (Å²) in [5.74, 6) is 0.377. The van der Waals surface area contributed by atoms with Crippen molar-refractivity contribution in [2.24, 2.45) is 0 Å². The molecule has 0 N–H and O–H groups in total. The minimum atomic E-state index is -0.269. The van der Waals surface area contributed by atoms with Crippen LogP contribution >= 0.6 is 0 Å². The van der Waals surface area contributed by atoms with E-state index in [0.29, 0.717) is 16.7 Å². The fourth-order valence-corrected chi connectivity index (χ4v) is 5.76. The van der Waals surface area contributed by atoms with Gasteiger partial charge in [0.25, 0.3) is 0 Å². The third kappa shape index (κ3) is 8.81. The van der Waals surface area contributed by atoms with Crippen LogP contribution in [0.5, 0.6) is 5.75 Å². The van der Waals surface area contributed by atoms with Crippen molar-refractivity contribution in [3.8, 4) is 5.75 Å². The molecule has 1 fully saturated rings. The van der Waals surface area contributed by atoms with E-state index in [9.17, 15) is 4.79 Å². The number of carbonyl (C=O) groups is 1. The van der Waals surface area contributed by atoms with Gasteiger partial charge in [-0.3, -0.25) is 0 Å². The molecule has 1 aliphatic rings. The van der Waals surface area contributed by atoms with Crippen molar-refractivity contribution in [3.63, 3.8) is 0 Å². The Bertz CT molecular complexity index is 844. The quantitative estimate of drug-likeness (QED) is 0.145. The SMILES string of the molecule is CCCCCCCCC1(c2ccc(OC(=O)c3ccc(CCCCCC)cc3)cc2)CCCCC1. The smallest absolute Gasteiger partial charge is 0.343 e. The fraction of sp³-hybridized carbons (Fsp3) is 0.606. The summed E-state index contributed by atoms with van der Waals surface area (Å²) in [4.78, 5) is 12.7. The Morgan fingerprint density at radius 2 is 1.31 bits per heavy atom. The zero-order valence-corrected chi connectivity index (χ0v) is 22.5. The summed E-state index contributed by atoms with van der Waals surface area (Å²) in [5, 5.41) is 0. The number of benzene rings is 2. The maximum atomic E-state index is 12.7. The lowest BCUT2D eigenvalue weighted by atomic mass is 9.66. The zero-order chi connectivity index (χ0) is 24.8. The monoisotopic (exact) mass is 476 g/mol. The van der Waals surface area contributed by atoms with Gasteiger partial charge in [0.1, 0.15) is 5.75 Å². The molecule has 0 spiro atoms. The van der Waals surface area contributed by atoms with E-state index in [0.717, 1.165) is 6.42 Å². The molecule has 2 nitrogen and oxygen atoms in total. The molecule has 1 aliphatic carbocycles. The molecule has 192 valence electrons. The topological polar surface area (TPSA) is 26.3 Å². The van der Waals surface area contributed by atoms with Gasteiger partial charge < -0.3 is 4.74 Å². The Labute approximate surface area is 214 Å². The summed E-state index contributed by atoms with van der Waals surface area (Å²) in [7, 11) is 0. The summed E-state index contributed by atoms with van der Waals surface area (Å²) in [5.41, 5.74) is 3.68. The van der Waals surface area contributed by atoms with Gasteiger partial charge in [0.2, 0.25) is 0 Å². The molecule has 2 heteroatoms. The predicted molar refractivity (Wildman–Crippen MR) is 148 cm³/mol. The Morgan fingerprint density at radius 1 is 0.714 bits per heavy atom. The molecule has 3 rings (SSSR count). The Balaban J connectivity index is 1.54. The molecular formula is C33H48O2. The molecule has 0 heterocycles. The lowest BCUT2D eigenvalue weighted by molar-refractivity contribution is 0.0734. The average molecular weight is 477 g/mol. The minimum absolute atomic E-state index is 0.269. The van der Waals surface area contributed by atoms with Gasteiger partial charge in [0.15, 0.2) is 0 Å². The molecule has 0 amide bonds. The number of carbonyl (C=O) groups excluding carboxylic acids is 1. The van der Waals surface area contributed by atoms with Gasteiger partial charge in [-0.15, -0.1) is 0 Å². The van der Waals surface area contributed by atoms with Crippen molar-refractivity contribution in [1.29, 1.82) is 0 Å². The van der Waals surface area contributed by atoms with Crippen molar-refractivity contribution in [2.45, 2.75) is 128 Å². The highest BCUT2D eigenvalue weighted by Gasteiger charge is 2.33. The maximum Gasteiger partial charge on any atom is 0.343 e. The second-order valence-electron chi connectivity index (χ2n) is 10.8. The largest absolute Gasteiger partial charge is 0.423 e. The first-order valence-corrected chi connectivity index (χ1v) is 14.6. The van der Waals surface area contributed by atoms with Gasteiger partial charge >= 0.3 is 5.97 Å². The van der Waals surface area contributed by atoms with E-state index in [4.69, 9.17) is 4.74 Å². The van der Waals surface area contributed by atoms with Crippen LogP contribution in [0.15, 0.2) is 48.5 Å². The number of hydrogen-bond acceptors (Lipinski definition) is 2. The van der Waals surface area contributed by atoms with Crippen LogP contribution in [0.1, 0.15) is 138 Å². The van der Waals surface area contributed by atoms with Crippen molar-refractivity contribution < 1.29 is 9.53 Å². The highest BCUT2D eigenvalue weighted by Crippen LogP contribution is 2.44. The normalized spacial score (nSPS) is 15.1. The Hall–Kier alpha value is -2.09. The minimum Gasteiger partial charge on any atom is -0.423 e. The number of rotatable bonds is 15. The second-order valence-corrected chi connectivity index (χ2v) is 10.8. The maximum absolute atomic E-state index is 12.7. The van der Waals surface area contributed by atoms with Crippen LogP contribution in [0.3, 0.4) is 0 Å². The molecule has 0 aliphatic heterocycles. The number of hydrogen-bond donors (Lipinski definition) is 0. The molecular weight excluding hydrogens is 428 g/mol. The van der Waals surface area contributed by atoms with Gasteiger partial charge in [-0.25, -0.2) is 4.79 Å². The van der Waals surface area contributed by atoms with Crippen LogP contribution in [-0.2, 0) is 11.8 Å². The third-order valence-electron chi connectivity index (χ3n) is 8.01. The van der Waals surface area contributed by atoms with Crippen molar-refractivity contribution in [2.75, 3.05) is 0 Å². The van der Waals surface area contributed by atoms with Crippen LogP contribution in [-0.4, -0.2) is 5.97 Å². The van der Waals surface area contributed by atoms with Crippen LogP contribution in [0.2, 0.25) is 0 Å². The molecule has 0 radical (unpaired) electrons. The van der Waals surface area contributed by atoms with Crippen LogP contribution < -0.4 is 4.74 Å². The molecule has 0 unspecified atom stereocenters. The van der Waals surface area contributed by atoms with E-state index < -0.39 is 0 Å². The average Bonchev–Trinajstić information content (AvgIpc) is 2.90. The van der Waals surface area contributed by atoms with Gasteiger partial charge in [-0.05, 0) is 72.9 Å². The molecule has 0 bridgehead atoms. The first kappa shape index (κ1) is 27.5. The summed E-state index contributed by atoms with van der Waals surface area (Å²) >= 11 is 0. The Morgan fingerprint density at radius 3 is 1.97 bits per heavy atom.